The molecule has 2 aliphatic rings. The molecule has 22 heavy (non-hydrogen) atoms. The van der Waals surface area contributed by atoms with Crippen LogP contribution < -0.4 is 4.74 Å². The van der Waals surface area contributed by atoms with Gasteiger partial charge in [0.05, 0.1) is 5.92 Å². The monoisotopic (exact) mass is 304 g/mol. The van der Waals surface area contributed by atoms with E-state index in [0.29, 0.717) is 17.9 Å². The van der Waals surface area contributed by atoms with Crippen molar-refractivity contribution in [1.29, 1.82) is 0 Å². The molecule has 1 fully saturated rings. The number of aryl methyl sites for hydroxylation is 1. The normalized spacial score (nSPS) is 28.1. The van der Waals surface area contributed by atoms with Gasteiger partial charge >= 0.3 is 5.97 Å². The van der Waals surface area contributed by atoms with Crippen LogP contribution in [0.3, 0.4) is 0 Å². The lowest BCUT2D eigenvalue weighted by molar-refractivity contribution is -0.143. The maximum atomic E-state index is 14.1. The third kappa shape index (κ3) is 2.90. The summed E-state index contributed by atoms with van der Waals surface area (Å²) in [4.78, 5) is 12.3. The quantitative estimate of drug-likeness (QED) is 0.591. The lowest BCUT2D eigenvalue weighted by atomic mass is 9.72. The molecular formula is C19H25FO2. The van der Waals surface area contributed by atoms with Gasteiger partial charge in [0.2, 0.25) is 0 Å². The van der Waals surface area contributed by atoms with E-state index in [1.807, 2.05) is 6.07 Å². The Bertz CT molecular complexity index is 559. The van der Waals surface area contributed by atoms with Crippen LogP contribution in [0.5, 0.6) is 5.75 Å². The molecule has 0 N–H and O–H groups in total. The highest BCUT2D eigenvalue weighted by atomic mass is 19.1. The van der Waals surface area contributed by atoms with Crippen molar-refractivity contribution in [2.75, 3.05) is 0 Å². The molecule has 0 saturated heterocycles. The predicted octanol–water partition coefficient (Wildman–Crippen LogP) is 4.82. The van der Waals surface area contributed by atoms with Gasteiger partial charge in [-0.1, -0.05) is 44.7 Å². The number of ether oxygens (including phenoxy) is 1. The lowest BCUT2D eigenvalue weighted by Gasteiger charge is -2.35. The number of hydrogen-bond donors (Lipinski definition) is 0. The van der Waals surface area contributed by atoms with Crippen molar-refractivity contribution in [1.82, 2.24) is 0 Å². The van der Waals surface area contributed by atoms with Crippen molar-refractivity contribution < 1.29 is 13.9 Å². The average molecular weight is 304 g/mol. The number of carbonyl (C=O) groups is 1. The SMILES string of the molecule is CCCC1CCC(C2Cc3ccc(C)c(F)c3OC2=O)CC1. The molecule has 0 spiro atoms. The number of fused-ring (bicyclic) bond motifs is 1. The summed E-state index contributed by atoms with van der Waals surface area (Å²) in [6, 6.07) is 3.69. The van der Waals surface area contributed by atoms with E-state index in [1.54, 1.807) is 13.0 Å². The van der Waals surface area contributed by atoms with E-state index in [4.69, 9.17) is 4.74 Å². The fourth-order valence-electron chi connectivity index (χ4n) is 4.11. The second-order valence-electron chi connectivity index (χ2n) is 6.99. The fraction of sp³-hybridized carbons (Fsp3) is 0.632. The first kappa shape index (κ1) is 15.5. The molecule has 1 atom stereocenters. The Morgan fingerprint density at radius 2 is 1.95 bits per heavy atom. The second kappa shape index (κ2) is 6.39. The Morgan fingerprint density at radius 3 is 2.64 bits per heavy atom. The topological polar surface area (TPSA) is 26.3 Å². The Hall–Kier alpha value is -1.38. The minimum atomic E-state index is -0.379. The third-order valence-electron chi connectivity index (χ3n) is 5.47. The largest absolute Gasteiger partial charge is 0.423 e. The van der Waals surface area contributed by atoms with Gasteiger partial charge in [-0.05, 0) is 49.1 Å². The third-order valence-corrected chi connectivity index (χ3v) is 5.47. The molecule has 1 aliphatic heterocycles. The number of hydrogen-bond acceptors (Lipinski definition) is 2. The highest BCUT2D eigenvalue weighted by Crippen LogP contribution is 2.41. The van der Waals surface area contributed by atoms with Gasteiger partial charge in [-0.3, -0.25) is 4.79 Å². The van der Waals surface area contributed by atoms with Crippen LogP contribution >= 0.6 is 0 Å². The van der Waals surface area contributed by atoms with Gasteiger partial charge in [0.1, 0.15) is 0 Å². The zero-order valence-corrected chi connectivity index (χ0v) is 13.5. The van der Waals surface area contributed by atoms with Crippen molar-refractivity contribution >= 4 is 5.97 Å². The Kier molecular flexibility index (Phi) is 4.51. The van der Waals surface area contributed by atoms with Crippen molar-refractivity contribution in [2.24, 2.45) is 17.8 Å². The molecule has 1 unspecified atom stereocenters. The van der Waals surface area contributed by atoms with E-state index in [2.05, 4.69) is 6.92 Å². The first-order valence-corrected chi connectivity index (χ1v) is 8.59. The molecule has 2 nitrogen and oxygen atoms in total. The number of halogens is 1. The summed E-state index contributed by atoms with van der Waals surface area (Å²) in [5, 5.41) is 0. The molecule has 1 aromatic rings. The Morgan fingerprint density at radius 1 is 1.23 bits per heavy atom. The van der Waals surface area contributed by atoms with Crippen LogP contribution in [0.15, 0.2) is 12.1 Å². The van der Waals surface area contributed by atoms with E-state index in [9.17, 15) is 9.18 Å². The van der Waals surface area contributed by atoms with Crippen molar-refractivity contribution in [3.63, 3.8) is 0 Å². The van der Waals surface area contributed by atoms with Crippen molar-refractivity contribution in [3.8, 4) is 5.75 Å². The molecule has 1 aromatic carbocycles. The molecule has 1 heterocycles. The maximum absolute atomic E-state index is 14.1. The summed E-state index contributed by atoms with van der Waals surface area (Å²) in [5.41, 5.74) is 1.38. The molecule has 0 radical (unpaired) electrons. The molecule has 0 bridgehead atoms. The first-order valence-electron chi connectivity index (χ1n) is 8.59. The van der Waals surface area contributed by atoms with Gasteiger partial charge in [-0.15, -0.1) is 0 Å². The van der Waals surface area contributed by atoms with Gasteiger partial charge < -0.3 is 4.74 Å². The Balaban J connectivity index is 1.72. The number of carbonyl (C=O) groups excluding carboxylic acids is 1. The maximum Gasteiger partial charge on any atom is 0.315 e. The summed E-state index contributed by atoms with van der Waals surface area (Å²) in [5.74, 6) is 0.705. The lowest BCUT2D eigenvalue weighted by Crippen LogP contribution is -2.35. The summed E-state index contributed by atoms with van der Waals surface area (Å²) >= 11 is 0. The van der Waals surface area contributed by atoms with Crippen LogP contribution in [-0.4, -0.2) is 5.97 Å². The van der Waals surface area contributed by atoms with Crippen LogP contribution in [0.25, 0.3) is 0 Å². The molecule has 0 aromatic heterocycles. The van der Waals surface area contributed by atoms with Crippen LogP contribution in [-0.2, 0) is 11.2 Å². The van der Waals surface area contributed by atoms with Crippen LogP contribution in [0.4, 0.5) is 4.39 Å². The van der Waals surface area contributed by atoms with Gasteiger partial charge in [0.15, 0.2) is 11.6 Å². The molecule has 3 heteroatoms. The van der Waals surface area contributed by atoms with Gasteiger partial charge in [0, 0.05) is 0 Å². The molecule has 120 valence electrons. The van der Waals surface area contributed by atoms with E-state index < -0.39 is 0 Å². The first-order chi connectivity index (χ1) is 10.6. The number of esters is 1. The van der Waals surface area contributed by atoms with E-state index >= 15 is 0 Å². The van der Waals surface area contributed by atoms with Gasteiger partial charge in [0.25, 0.3) is 0 Å². The summed E-state index contributed by atoms with van der Waals surface area (Å²) in [7, 11) is 0. The second-order valence-corrected chi connectivity index (χ2v) is 6.99. The zero-order valence-electron chi connectivity index (χ0n) is 13.5. The fourth-order valence-corrected chi connectivity index (χ4v) is 4.11. The summed E-state index contributed by atoms with van der Waals surface area (Å²) < 4.78 is 19.5. The van der Waals surface area contributed by atoms with E-state index in [0.717, 1.165) is 24.3 Å². The minimum absolute atomic E-state index is 0.0859. The molecule has 0 amide bonds. The zero-order chi connectivity index (χ0) is 15.7. The van der Waals surface area contributed by atoms with Gasteiger partial charge in [-0.25, -0.2) is 4.39 Å². The van der Waals surface area contributed by atoms with E-state index in [-0.39, 0.29) is 23.5 Å². The van der Waals surface area contributed by atoms with Crippen LogP contribution in [0.2, 0.25) is 0 Å². The molecule has 1 aliphatic carbocycles. The number of benzene rings is 1. The highest BCUT2D eigenvalue weighted by Gasteiger charge is 2.37. The van der Waals surface area contributed by atoms with Crippen molar-refractivity contribution in [3.05, 3.63) is 29.1 Å². The predicted molar refractivity (Wildman–Crippen MR) is 84.3 cm³/mol. The number of rotatable bonds is 3. The Labute approximate surface area is 132 Å². The smallest absolute Gasteiger partial charge is 0.315 e. The summed E-state index contributed by atoms with van der Waals surface area (Å²) in [6.45, 7) is 3.93. The molecule has 1 saturated carbocycles. The van der Waals surface area contributed by atoms with Crippen LogP contribution in [0.1, 0.15) is 56.6 Å². The van der Waals surface area contributed by atoms with Crippen LogP contribution in [0, 0.1) is 30.5 Å². The van der Waals surface area contributed by atoms with E-state index in [1.165, 1.54) is 25.7 Å². The van der Waals surface area contributed by atoms with Gasteiger partial charge in [-0.2, -0.15) is 0 Å². The molecule has 3 rings (SSSR count). The summed E-state index contributed by atoms with van der Waals surface area (Å²) in [6.07, 6.45) is 7.83. The highest BCUT2D eigenvalue weighted by molar-refractivity contribution is 5.78. The minimum Gasteiger partial charge on any atom is -0.423 e. The molecular weight excluding hydrogens is 279 g/mol. The standard InChI is InChI=1S/C19H25FO2/c1-3-4-13-6-9-14(10-7-13)16-11-15-8-5-12(2)17(20)18(15)22-19(16)21/h5,8,13-14,16H,3-4,6-7,9-11H2,1-2H3. The average Bonchev–Trinajstić information content (AvgIpc) is 2.52. The van der Waals surface area contributed by atoms with Crippen molar-refractivity contribution in [2.45, 2.75) is 58.8 Å².